The van der Waals surface area contributed by atoms with Crippen molar-refractivity contribution in [3.8, 4) is 0 Å². The number of aromatic nitrogens is 2. The molecule has 6 heteroatoms. The Hall–Kier alpha value is -2.47. The minimum absolute atomic E-state index is 0.286. The molecule has 0 aliphatic carbocycles. The summed E-state index contributed by atoms with van der Waals surface area (Å²) in [4.78, 5) is 19.9. The summed E-state index contributed by atoms with van der Waals surface area (Å²) >= 11 is 0. The van der Waals surface area contributed by atoms with Gasteiger partial charge in [-0.1, -0.05) is 0 Å². The minimum Gasteiger partial charge on any atom is -0.324 e. The first-order valence-corrected chi connectivity index (χ1v) is 5.35. The fraction of sp³-hybridized carbons (Fsp3) is 0.0833. The summed E-state index contributed by atoms with van der Waals surface area (Å²) in [7, 11) is 0. The Morgan fingerprint density at radius 3 is 2.89 bits per heavy atom. The van der Waals surface area contributed by atoms with Crippen molar-refractivity contribution in [1.82, 2.24) is 9.97 Å². The second-order valence-corrected chi connectivity index (χ2v) is 3.72. The van der Waals surface area contributed by atoms with Gasteiger partial charge in [-0.3, -0.25) is 20.6 Å². The zero-order chi connectivity index (χ0) is 13.0. The highest BCUT2D eigenvalue weighted by atomic mass is 16.1. The number of carbonyl (C=O) groups excluding carboxylic acids is 1. The first-order chi connectivity index (χ1) is 8.70. The smallest absolute Gasteiger partial charge is 0.274 e. The molecule has 92 valence electrons. The molecule has 2 rings (SSSR count). The molecule has 1 amide bonds. The van der Waals surface area contributed by atoms with E-state index in [4.69, 9.17) is 5.84 Å². The van der Waals surface area contributed by atoms with Gasteiger partial charge < -0.3 is 10.7 Å². The van der Waals surface area contributed by atoms with Crippen LogP contribution in [0.15, 0.2) is 36.8 Å². The second-order valence-electron chi connectivity index (χ2n) is 3.72. The molecule has 6 nitrogen and oxygen atoms in total. The van der Waals surface area contributed by atoms with E-state index in [1.165, 1.54) is 6.20 Å². The molecule has 0 spiro atoms. The van der Waals surface area contributed by atoms with E-state index < -0.39 is 0 Å². The highest BCUT2D eigenvalue weighted by Gasteiger charge is 2.09. The fourth-order valence-corrected chi connectivity index (χ4v) is 1.43. The van der Waals surface area contributed by atoms with Gasteiger partial charge in [0, 0.05) is 12.4 Å². The number of rotatable bonds is 3. The minimum atomic E-state index is -0.303. The maximum absolute atomic E-state index is 12.0. The summed E-state index contributed by atoms with van der Waals surface area (Å²) < 4.78 is 0. The Morgan fingerprint density at radius 1 is 1.33 bits per heavy atom. The maximum atomic E-state index is 12.0. The second kappa shape index (κ2) is 5.24. The normalized spacial score (nSPS) is 9.89. The predicted octanol–water partition coefficient (Wildman–Crippen LogP) is 1.32. The van der Waals surface area contributed by atoms with Crippen LogP contribution in [0.25, 0.3) is 0 Å². The van der Waals surface area contributed by atoms with Crippen LogP contribution < -0.4 is 16.6 Å². The van der Waals surface area contributed by atoms with Crippen LogP contribution >= 0.6 is 0 Å². The van der Waals surface area contributed by atoms with Gasteiger partial charge in [0.05, 0.1) is 17.6 Å². The number of nitrogens with two attached hydrogens (primary N) is 1. The highest BCUT2D eigenvalue weighted by Crippen LogP contribution is 2.13. The number of amides is 1. The van der Waals surface area contributed by atoms with Gasteiger partial charge in [-0.05, 0) is 30.7 Å². The van der Waals surface area contributed by atoms with Crippen LogP contribution in [-0.2, 0) is 0 Å². The standard InChI is InChI=1S/C12H13N5O/c1-8-2-4-14-7-11(8)16-12(18)10-6-9(17-13)3-5-15-10/h2-7H,13H2,1H3,(H,15,17)(H,16,18). The zero-order valence-electron chi connectivity index (χ0n) is 9.84. The number of anilines is 2. The van der Waals surface area contributed by atoms with Crippen molar-refractivity contribution < 1.29 is 4.79 Å². The molecule has 0 fully saturated rings. The van der Waals surface area contributed by atoms with E-state index in [0.29, 0.717) is 11.4 Å². The summed E-state index contributed by atoms with van der Waals surface area (Å²) in [5, 5.41) is 2.75. The van der Waals surface area contributed by atoms with Crippen molar-refractivity contribution in [2.45, 2.75) is 6.92 Å². The Morgan fingerprint density at radius 2 is 2.17 bits per heavy atom. The first-order valence-electron chi connectivity index (χ1n) is 5.35. The molecule has 0 unspecified atom stereocenters. The average Bonchev–Trinajstić information content (AvgIpc) is 2.41. The Bertz CT molecular complexity index is 570. The van der Waals surface area contributed by atoms with E-state index in [1.807, 2.05) is 13.0 Å². The lowest BCUT2D eigenvalue weighted by molar-refractivity contribution is 0.102. The van der Waals surface area contributed by atoms with Gasteiger partial charge >= 0.3 is 0 Å². The summed E-state index contributed by atoms with van der Waals surface area (Å²) in [5.74, 6) is 4.97. The predicted molar refractivity (Wildman–Crippen MR) is 69.0 cm³/mol. The third kappa shape index (κ3) is 2.61. The van der Waals surface area contributed by atoms with Crippen LogP contribution in [0.1, 0.15) is 16.1 Å². The van der Waals surface area contributed by atoms with Crippen LogP contribution in [0, 0.1) is 6.92 Å². The van der Waals surface area contributed by atoms with Crippen LogP contribution in [0.4, 0.5) is 11.4 Å². The number of hydrazine groups is 1. The first kappa shape index (κ1) is 12.0. The van der Waals surface area contributed by atoms with Gasteiger partial charge in [0.15, 0.2) is 0 Å². The van der Waals surface area contributed by atoms with Crippen LogP contribution in [0.3, 0.4) is 0 Å². The quantitative estimate of drug-likeness (QED) is 0.558. The van der Waals surface area contributed by atoms with Gasteiger partial charge in [-0.2, -0.15) is 0 Å². The van der Waals surface area contributed by atoms with Gasteiger partial charge in [0.2, 0.25) is 0 Å². The highest BCUT2D eigenvalue weighted by molar-refractivity contribution is 6.03. The zero-order valence-corrected chi connectivity index (χ0v) is 9.84. The van der Waals surface area contributed by atoms with Crippen LogP contribution in [0.5, 0.6) is 0 Å². The molecular formula is C12H13N5O. The Balaban J connectivity index is 2.19. The molecule has 2 aromatic rings. The number of nitrogen functional groups attached to an aromatic ring is 1. The topological polar surface area (TPSA) is 92.9 Å². The van der Waals surface area contributed by atoms with Crippen molar-refractivity contribution in [1.29, 1.82) is 0 Å². The SMILES string of the molecule is Cc1ccncc1NC(=O)c1cc(NN)ccn1. The average molecular weight is 243 g/mol. The molecule has 0 saturated heterocycles. The molecule has 2 heterocycles. The van der Waals surface area contributed by atoms with Crippen LogP contribution in [0.2, 0.25) is 0 Å². The molecular weight excluding hydrogens is 230 g/mol. The van der Waals surface area contributed by atoms with Gasteiger partial charge in [-0.25, -0.2) is 0 Å². The lowest BCUT2D eigenvalue weighted by Crippen LogP contribution is -2.15. The number of carbonyl (C=O) groups is 1. The van der Waals surface area contributed by atoms with E-state index in [1.54, 1.807) is 24.5 Å². The van der Waals surface area contributed by atoms with Crippen molar-refractivity contribution in [3.63, 3.8) is 0 Å². The summed E-state index contributed by atoms with van der Waals surface area (Å²) in [6.07, 6.45) is 4.78. The molecule has 4 N–H and O–H groups in total. The summed E-state index contributed by atoms with van der Waals surface area (Å²) in [5.41, 5.74) is 4.97. The third-order valence-corrected chi connectivity index (χ3v) is 2.45. The molecule has 0 radical (unpaired) electrons. The monoisotopic (exact) mass is 243 g/mol. The largest absolute Gasteiger partial charge is 0.324 e. The number of aryl methyl sites for hydroxylation is 1. The molecule has 0 aliphatic heterocycles. The van der Waals surface area contributed by atoms with Gasteiger partial charge in [0.25, 0.3) is 5.91 Å². The van der Waals surface area contributed by atoms with Crippen molar-refractivity contribution >= 4 is 17.3 Å². The number of pyridine rings is 2. The fourth-order valence-electron chi connectivity index (χ4n) is 1.43. The molecule has 0 aliphatic rings. The van der Waals surface area contributed by atoms with E-state index in [-0.39, 0.29) is 11.6 Å². The number of nitrogens with one attached hydrogen (secondary N) is 2. The molecule has 2 aromatic heterocycles. The number of hydrogen-bond acceptors (Lipinski definition) is 5. The lowest BCUT2D eigenvalue weighted by atomic mass is 10.2. The molecule has 0 saturated carbocycles. The lowest BCUT2D eigenvalue weighted by Gasteiger charge is -2.07. The van der Waals surface area contributed by atoms with E-state index in [2.05, 4.69) is 20.7 Å². The number of hydrogen-bond donors (Lipinski definition) is 3. The van der Waals surface area contributed by atoms with Crippen molar-refractivity contribution in [2.75, 3.05) is 10.7 Å². The van der Waals surface area contributed by atoms with Gasteiger partial charge in [-0.15, -0.1) is 0 Å². The summed E-state index contributed by atoms with van der Waals surface area (Å²) in [6.45, 7) is 1.89. The number of nitrogens with zero attached hydrogens (tertiary/aromatic N) is 2. The summed E-state index contributed by atoms with van der Waals surface area (Å²) in [6, 6.07) is 5.06. The molecule has 0 aromatic carbocycles. The molecule has 18 heavy (non-hydrogen) atoms. The van der Waals surface area contributed by atoms with E-state index in [9.17, 15) is 4.79 Å². The molecule has 0 atom stereocenters. The molecule has 0 bridgehead atoms. The Labute approximate surface area is 104 Å². The maximum Gasteiger partial charge on any atom is 0.274 e. The Kier molecular flexibility index (Phi) is 3.49. The van der Waals surface area contributed by atoms with Crippen molar-refractivity contribution in [2.24, 2.45) is 5.84 Å². The third-order valence-electron chi connectivity index (χ3n) is 2.45. The van der Waals surface area contributed by atoms with E-state index in [0.717, 1.165) is 5.56 Å². The van der Waals surface area contributed by atoms with Gasteiger partial charge in [0.1, 0.15) is 5.69 Å². The van der Waals surface area contributed by atoms with Crippen molar-refractivity contribution in [3.05, 3.63) is 48.0 Å². The van der Waals surface area contributed by atoms with E-state index >= 15 is 0 Å². The van der Waals surface area contributed by atoms with Crippen LogP contribution in [-0.4, -0.2) is 15.9 Å².